The van der Waals surface area contributed by atoms with E-state index >= 15 is 0 Å². The van der Waals surface area contributed by atoms with Gasteiger partial charge in [0.2, 0.25) is 11.8 Å². The molecule has 1 aromatic rings. The Balaban J connectivity index is 1.69. The van der Waals surface area contributed by atoms with E-state index in [9.17, 15) is 14.4 Å². The lowest BCUT2D eigenvalue weighted by Gasteiger charge is -2.34. The number of carbonyl (C=O) groups is 3. The fourth-order valence-corrected chi connectivity index (χ4v) is 3.54. The topological polar surface area (TPSA) is 87.7 Å². The average molecular weight is 345 g/mol. The van der Waals surface area contributed by atoms with E-state index in [0.717, 1.165) is 6.42 Å². The van der Waals surface area contributed by atoms with Crippen LogP contribution in [-0.4, -0.2) is 54.4 Å². The first-order chi connectivity index (χ1) is 12.0. The van der Waals surface area contributed by atoms with Crippen molar-refractivity contribution in [2.45, 2.75) is 44.3 Å². The minimum atomic E-state index is -0.497. The third-order valence-corrected chi connectivity index (χ3v) is 4.77. The number of rotatable bonds is 5. The minimum absolute atomic E-state index is 0.0551. The zero-order chi connectivity index (χ0) is 18.0. The van der Waals surface area contributed by atoms with Gasteiger partial charge >= 0.3 is 0 Å². The van der Waals surface area contributed by atoms with Crippen LogP contribution in [0.4, 0.5) is 0 Å². The monoisotopic (exact) mass is 345 g/mol. The van der Waals surface area contributed by atoms with E-state index in [1.54, 1.807) is 29.2 Å². The van der Waals surface area contributed by atoms with Crippen LogP contribution in [0.5, 0.6) is 5.75 Å². The van der Waals surface area contributed by atoms with Crippen LogP contribution in [-0.2, 0) is 9.59 Å². The van der Waals surface area contributed by atoms with Crippen molar-refractivity contribution in [3.8, 4) is 5.75 Å². The van der Waals surface area contributed by atoms with Crippen molar-refractivity contribution in [2.24, 2.45) is 0 Å². The van der Waals surface area contributed by atoms with Gasteiger partial charge in [0.25, 0.3) is 5.91 Å². The van der Waals surface area contributed by atoms with E-state index in [4.69, 9.17) is 4.74 Å². The molecule has 2 saturated heterocycles. The molecule has 2 N–H and O–H groups in total. The van der Waals surface area contributed by atoms with Crippen LogP contribution in [0.3, 0.4) is 0 Å². The van der Waals surface area contributed by atoms with E-state index in [1.807, 2.05) is 6.92 Å². The largest absolute Gasteiger partial charge is 0.496 e. The summed E-state index contributed by atoms with van der Waals surface area (Å²) in [4.78, 5) is 38.9. The number of piperazine rings is 1. The van der Waals surface area contributed by atoms with Crippen molar-refractivity contribution in [1.82, 2.24) is 15.5 Å². The number of hydrogen-bond donors (Lipinski definition) is 2. The smallest absolute Gasteiger partial charge is 0.255 e. The molecule has 0 aliphatic carbocycles. The lowest BCUT2D eigenvalue weighted by Crippen LogP contribution is -2.61. The van der Waals surface area contributed by atoms with Gasteiger partial charge in [0, 0.05) is 12.6 Å². The molecule has 3 rings (SSSR count). The van der Waals surface area contributed by atoms with Gasteiger partial charge in [-0.15, -0.1) is 0 Å². The van der Waals surface area contributed by atoms with Crippen LogP contribution in [0, 0.1) is 0 Å². The van der Waals surface area contributed by atoms with Crippen molar-refractivity contribution in [1.29, 1.82) is 0 Å². The third-order valence-electron chi connectivity index (χ3n) is 4.77. The highest BCUT2D eigenvalue weighted by molar-refractivity contribution is 5.99. The Kier molecular flexibility index (Phi) is 4.92. The van der Waals surface area contributed by atoms with Gasteiger partial charge in [-0.1, -0.05) is 25.5 Å². The number of para-hydroxylation sites is 1. The second kappa shape index (κ2) is 7.13. The molecule has 0 spiro atoms. The number of hydrogen-bond acceptors (Lipinski definition) is 4. The Bertz CT molecular complexity index is 691. The summed E-state index contributed by atoms with van der Waals surface area (Å²) in [5, 5.41) is 5.72. The Morgan fingerprint density at radius 2 is 2.12 bits per heavy atom. The second-order valence-electron chi connectivity index (χ2n) is 6.46. The molecule has 2 aliphatic heterocycles. The van der Waals surface area contributed by atoms with E-state index in [0.29, 0.717) is 30.7 Å². The zero-order valence-electron chi connectivity index (χ0n) is 14.5. The Labute approximate surface area is 146 Å². The van der Waals surface area contributed by atoms with Crippen LogP contribution < -0.4 is 15.4 Å². The van der Waals surface area contributed by atoms with Crippen molar-refractivity contribution < 1.29 is 19.1 Å². The third kappa shape index (κ3) is 3.31. The highest BCUT2D eigenvalue weighted by atomic mass is 16.5. The number of methoxy groups -OCH3 is 1. The molecule has 0 bridgehead atoms. The molecule has 1 aromatic carbocycles. The molecule has 2 fully saturated rings. The van der Waals surface area contributed by atoms with Crippen LogP contribution in [0.2, 0.25) is 0 Å². The zero-order valence-corrected chi connectivity index (χ0v) is 14.5. The SMILES string of the molecule is CCC[C@@H]1NC(=O)[C@@H]2C[C@H](NC(=O)c3ccccc3OC)CN2C1=O. The summed E-state index contributed by atoms with van der Waals surface area (Å²) in [5.41, 5.74) is 0.439. The van der Waals surface area contributed by atoms with Crippen LogP contribution in [0.25, 0.3) is 0 Å². The Morgan fingerprint density at radius 1 is 1.36 bits per heavy atom. The number of nitrogens with zero attached hydrogens (tertiary/aromatic N) is 1. The van der Waals surface area contributed by atoms with Gasteiger partial charge in [-0.25, -0.2) is 0 Å². The maximum atomic E-state index is 12.5. The number of nitrogens with one attached hydrogen (secondary N) is 2. The van der Waals surface area contributed by atoms with Gasteiger partial charge in [-0.3, -0.25) is 14.4 Å². The number of fused-ring (bicyclic) bond motifs is 1. The molecule has 0 radical (unpaired) electrons. The van der Waals surface area contributed by atoms with Crippen LogP contribution in [0.15, 0.2) is 24.3 Å². The summed E-state index contributed by atoms with van der Waals surface area (Å²) >= 11 is 0. The standard InChI is InChI=1S/C18H23N3O4/c1-3-6-13-18(24)21-10-11(9-14(21)17(23)20-13)19-16(22)12-7-4-5-8-15(12)25-2/h4-5,7-8,11,13-14H,3,6,9-10H2,1-2H3,(H,19,22)(H,20,23)/t11-,13-,14-/m0/s1. The molecule has 0 saturated carbocycles. The average Bonchev–Trinajstić information content (AvgIpc) is 3.04. The van der Waals surface area contributed by atoms with E-state index in [2.05, 4.69) is 10.6 Å². The summed E-state index contributed by atoms with van der Waals surface area (Å²) in [7, 11) is 1.51. The summed E-state index contributed by atoms with van der Waals surface area (Å²) in [6.07, 6.45) is 1.88. The van der Waals surface area contributed by atoms with Gasteiger partial charge in [0.15, 0.2) is 0 Å². The van der Waals surface area contributed by atoms with Gasteiger partial charge in [-0.05, 0) is 25.0 Å². The summed E-state index contributed by atoms with van der Waals surface area (Å²) < 4.78 is 5.21. The van der Waals surface area contributed by atoms with Crippen molar-refractivity contribution in [2.75, 3.05) is 13.7 Å². The molecular weight excluding hydrogens is 322 g/mol. The number of ether oxygens (including phenoxy) is 1. The van der Waals surface area contributed by atoms with Gasteiger partial charge in [-0.2, -0.15) is 0 Å². The molecule has 7 nitrogen and oxygen atoms in total. The highest BCUT2D eigenvalue weighted by Gasteiger charge is 2.46. The summed E-state index contributed by atoms with van der Waals surface area (Å²) in [6, 6.07) is 5.77. The van der Waals surface area contributed by atoms with E-state index in [1.165, 1.54) is 7.11 Å². The maximum absolute atomic E-state index is 12.5. The predicted octanol–water partition coefficient (Wildman–Crippen LogP) is 0.693. The summed E-state index contributed by atoms with van der Waals surface area (Å²) in [5.74, 6) is 0.0420. The first-order valence-corrected chi connectivity index (χ1v) is 8.59. The predicted molar refractivity (Wildman–Crippen MR) is 91.2 cm³/mol. The van der Waals surface area contributed by atoms with Crippen LogP contribution >= 0.6 is 0 Å². The minimum Gasteiger partial charge on any atom is -0.496 e. The Hall–Kier alpha value is -2.57. The molecule has 2 heterocycles. The molecule has 2 aliphatic rings. The Morgan fingerprint density at radius 3 is 2.84 bits per heavy atom. The lowest BCUT2D eigenvalue weighted by molar-refractivity contribution is -0.147. The van der Waals surface area contributed by atoms with Crippen molar-refractivity contribution >= 4 is 17.7 Å². The van der Waals surface area contributed by atoms with E-state index in [-0.39, 0.29) is 23.8 Å². The molecule has 0 unspecified atom stereocenters. The fourth-order valence-electron chi connectivity index (χ4n) is 3.54. The molecule has 3 atom stereocenters. The van der Waals surface area contributed by atoms with E-state index < -0.39 is 12.1 Å². The highest BCUT2D eigenvalue weighted by Crippen LogP contribution is 2.25. The normalized spacial score (nSPS) is 25.4. The fraction of sp³-hybridized carbons (Fsp3) is 0.500. The summed E-state index contributed by atoms with van der Waals surface area (Å²) in [6.45, 7) is 2.34. The number of benzene rings is 1. The second-order valence-corrected chi connectivity index (χ2v) is 6.46. The quantitative estimate of drug-likeness (QED) is 0.822. The number of amides is 3. The van der Waals surface area contributed by atoms with Crippen molar-refractivity contribution in [3.05, 3.63) is 29.8 Å². The first kappa shape index (κ1) is 17.3. The van der Waals surface area contributed by atoms with Gasteiger partial charge < -0.3 is 20.3 Å². The van der Waals surface area contributed by atoms with Gasteiger partial charge in [0.05, 0.1) is 12.7 Å². The molecule has 134 valence electrons. The maximum Gasteiger partial charge on any atom is 0.255 e. The first-order valence-electron chi connectivity index (χ1n) is 8.59. The van der Waals surface area contributed by atoms with Crippen molar-refractivity contribution in [3.63, 3.8) is 0 Å². The lowest BCUT2D eigenvalue weighted by atomic mass is 10.0. The van der Waals surface area contributed by atoms with Gasteiger partial charge in [0.1, 0.15) is 17.8 Å². The number of carbonyl (C=O) groups excluding carboxylic acids is 3. The molecule has 0 aromatic heterocycles. The molecule has 25 heavy (non-hydrogen) atoms. The molecule has 7 heteroatoms. The van der Waals surface area contributed by atoms with Crippen LogP contribution in [0.1, 0.15) is 36.5 Å². The molecular formula is C18H23N3O4. The molecule has 3 amide bonds.